The van der Waals surface area contributed by atoms with Gasteiger partial charge in [-0.25, -0.2) is 0 Å². The van der Waals surface area contributed by atoms with Crippen molar-refractivity contribution in [1.29, 1.82) is 0 Å². The van der Waals surface area contributed by atoms with Crippen LogP contribution in [0.2, 0.25) is 0 Å². The summed E-state index contributed by atoms with van der Waals surface area (Å²) in [5, 5.41) is 4.41. The van der Waals surface area contributed by atoms with Gasteiger partial charge in [0.15, 0.2) is 0 Å². The first kappa shape index (κ1) is 10.7. The van der Waals surface area contributed by atoms with E-state index in [2.05, 4.69) is 34.9 Å². The number of hydrogen-bond acceptors (Lipinski definition) is 2. The van der Waals surface area contributed by atoms with Crippen LogP contribution in [0.4, 0.5) is 0 Å². The van der Waals surface area contributed by atoms with Crippen LogP contribution in [0.1, 0.15) is 18.3 Å². The number of nitrogens with zero attached hydrogens (tertiary/aromatic N) is 2. The number of aromatic nitrogens is 2. The molecule has 0 saturated heterocycles. The molecule has 1 aromatic heterocycles. The van der Waals surface area contributed by atoms with E-state index in [0.717, 1.165) is 16.7 Å². The number of nitrogens with two attached hydrogens (primary N) is 1. The molecule has 0 radical (unpaired) electrons. The fourth-order valence-electron chi connectivity index (χ4n) is 1.22. The predicted octanol–water partition coefficient (Wildman–Crippen LogP) is 1.86. The number of aryl methyl sites for hydroxylation is 1. The lowest BCUT2D eigenvalue weighted by atomic mass is 10.2. The second kappa shape index (κ2) is 4.24. The number of hydrogen-bond donors (Lipinski definition) is 1. The van der Waals surface area contributed by atoms with Crippen molar-refractivity contribution in [3.8, 4) is 0 Å². The standard InChI is InChI=1S/C9H16BrN3/c1-6(4-11)5-13-8(3)9(10)7(2)12-13/h6H,4-5,11H2,1-3H3. The van der Waals surface area contributed by atoms with Crippen LogP contribution in [0.15, 0.2) is 4.47 Å². The summed E-state index contributed by atoms with van der Waals surface area (Å²) in [6.45, 7) is 7.79. The lowest BCUT2D eigenvalue weighted by Gasteiger charge is -2.09. The van der Waals surface area contributed by atoms with Crippen molar-refractivity contribution in [2.45, 2.75) is 27.3 Å². The van der Waals surface area contributed by atoms with Crippen LogP contribution in [0.5, 0.6) is 0 Å². The van der Waals surface area contributed by atoms with Gasteiger partial charge in [-0.05, 0) is 42.2 Å². The molecular weight excluding hydrogens is 230 g/mol. The maximum Gasteiger partial charge on any atom is 0.0738 e. The van der Waals surface area contributed by atoms with Crippen LogP contribution >= 0.6 is 15.9 Å². The minimum Gasteiger partial charge on any atom is -0.330 e. The molecule has 1 rings (SSSR count). The molecule has 74 valence electrons. The SMILES string of the molecule is Cc1nn(CC(C)CN)c(C)c1Br. The van der Waals surface area contributed by atoms with E-state index in [1.165, 1.54) is 5.69 Å². The highest BCUT2D eigenvalue weighted by atomic mass is 79.9. The van der Waals surface area contributed by atoms with Gasteiger partial charge in [-0.2, -0.15) is 5.10 Å². The topological polar surface area (TPSA) is 43.8 Å². The van der Waals surface area contributed by atoms with Crippen molar-refractivity contribution in [1.82, 2.24) is 9.78 Å². The Labute approximate surface area is 87.4 Å². The van der Waals surface area contributed by atoms with E-state index in [0.29, 0.717) is 12.5 Å². The number of halogens is 1. The van der Waals surface area contributed by atoms with E-state index in [1.807, 2.05) is 11.6 Å². The predicted molar refractivity (Wildman–Crippen MR) is 57.6 cm³/mol. The highest BCUT2D eigenvalue weighted by Gasteiger charge is 2.10. The smallest absolute Gasteiger partial charge is 0.0738 e. The molecule has 1 unspecified atom stereocenters. The molecule has 0 saturated carbocycles. The lowest BCUT2D eigenvalue weighted by Crippen LogP contribution is -2.18. The van der Waals surface area contributed by atoms with Crippen LogP contribution in [-0.2, 0) is 6.54 Å². The van der Waals surface area contributed by atoms with Gasteiger partial charge in [0.2, 0.25) is 0 Å². The molecule has 4 heteroatoms. The molecule has 0 aliphatic rings. The van der Waals surface area contributed by atoms with Crippen molar-refractivity contribution in [3.05, 3.63) is 15.9 Å². The molecule has 2 N–H and O–H groups in total. The fraction of sp³-hybridized carbons (Fsp3) is 0.667. The molecule has 0 aromatic carbocycles. The van der Waals surface area contributed by atoms with Crippen molar-refractivity contribution < 1.29 is 0 Å². The van der Waals surface area contributed by atoms with Crippen molar-refractivity contribution in [2.75, 3.05) is 6.54 Å². The van der Waals surface area contributed by atoms with Crippen LogP contribution in [0.3, 0.4) is 0 Å². The zero-order chi connectivity index (χ0) is 10.0. The summed E-state index contributed by atoms with van der Waals surface area (Å²) in [5.74, 6) is 0.477. The molecule has 0 amide bonds. The van der Waals surface area contributed by atoms with Crippen LogP contribution in [0.25, 0.3) is 0 Å². The van der Waals surface area contributed by atoms with Crippen molar-refractivity contribution in [3.63, 3.8) is 0 Å². The first-order chi connectivity index (χ1) is 6.06. The second-order valence-electron chi connectivity index (χ2n) is 3.51. The first-order valence-corrected chi connectivity index (χ1v) is 5.25. The molecule has 0 bridgehead atoms. The average molecular weight is 246 g/mol. The Hall–Kier alpha value is -0.350. The summed E-state index contributed by atoms with van der Waals surface area (Å²) in [6, 6.07) is 0. The normalized spacial score (nSPS) is 13.3. The van der Waals surface area contributed by atoms with Gasteiger partial charge in [0.25, 0.3) is 0 Å². The van der Waals surface area contributed by atoms with Crippen molar-refractivity contribution >= 4 is 15.9 Å². The molecular formula is C9H16BrN3. The third-order valence-corrected chi connectivity index (χ3v) is 3.33. The molecule has 1 heterocycles. The fourth-order valence-corrected chi connectivity index (χ4v) is 1.51. The van der Waals surface area contributed by atoms with Crippen molar-refractivity contribution in [2.24, 2.45) is 11.7 Å². The highest BCUT2D eigenvalue weighted by molar-refractivity contribution is 9.10. The summed E-state index contributed by atoms with van der Waals surface area (Å²) in [4.78, 5) is 0. The van der Waals surface area contributed by atoms with Crippen LogP contribution in [-0.4, -0.2) is 16.3 Å². The van der Waals surface area contributed by atoms with Gasteiger partial charge in [0.1, 0.15) is 0 Å². The zero-order valence-corrected chi connectivity index (χ0v) is 9.93. The van der Waals surface area contributed by atoms with Crippen LogP contribution in [0, 0.1) is 19.8 Å². The molecule has 0 aliphatic heterocycles. The highest BCUT2D eigenvalue weighted by Crippen LogP contribution is 2.20. The summed E-state index contributed by atoms with van der Waals surface area (Å²) >= 11 is 3.50. The Morgan fingerprint density at radius 2 is 2.15 bits per heavy atom. The van der Waals surface area contributed by atoms with Gasteiger partial charge in [0, 0.05) is 12.2 Å². The molecule has 13 heavy (non-hydrogen) atoms. The maximum atomic E-state index is 5.56. The average Bonchev–Trinajstić information content (AvgIpc) is 2.34. The lowest BCUT2D eigenvalue weighted by molar-refractivity contribution is 0.450. The van der Waals surface area contributed by atoms with Gasteiger partial charge in [0.05, 0.1) is 10.2 Å². The summed E-state index contributed by atoms with van der Waals surface area (Å²) in [7, 11) is 0. The number of rotatable bonds is 3. The van der Waals surface area contributed by atoms with Crippen LogP contribution < -0.4 is 5.73 Å². The van der Waals surface area contributed by atoms with E-state index in [9.17, 15) is 0 Å². The molecule has 0 spiro atoms. The Morgan fingerprint density at radius 3 is 2.54 bits per heavy atom. The molecule has 0 aliphatic carbocycles. The van der Waals surface area contributed by atoms with E-state index >= 15 is 0 Å². The monoisotopic (exact) mass is 245 g/mol. The Balaban J connectivity index is 2.83. The minimum atomic E-state index is 0.477. The van der Waals surface area contributed by atoms with E-state index in [4.69, 9.17) is 5.73 Å². The Morgan fingerprint density at radius 1 is 1.54 bits per heavy atom. The third-order valence-electron chi connectivity index (χ3n) is 2.18. The summed E-state index contributed by atoms with van der Waals surface area (Å²) in [5.41, 5.74) is 7.78. The quantitative estimate of drug-likeness (QED) is 0.884. The Bertz CT molecular complexity index is 293. The van der Waals surface area contributed by atoms with E-state index in [1.54, 1.807) is 0 Å². The molecule has 3 nitrogen and oxygen atoms in total. The zero-order valence-electron chi connectivity index (χ0n) is 8.34. The minimum absolute atomic E-state index is 0.477. The van der Waals surface area contributed by atoms with E-state index in [-0.39, 0.29) is 0 Å². The van der Waals surface area contributed by atoms with Gasteiger partial charge in [-0.3, -0.25) is 4.68 Å². The van der Waals surface area contributed by atoms with E-state index < -0.39 is 0 Å². The van der Waals surface area contributed by atoms with Gasteiger partial charge >= 0.3 is 0 Å². The van der Waals surface area contributed by atoms with Gasteiger partial charge < -0.3 is 5.73 Å². The Kier molecular flexibility index (Phi) is 3.50. The second-order valence-corrected chi connectivity index (χ2v) is 4.30. The molecule has 1 atom stereocenters. The maximum absolute atomic E-state index is 5.56. The van der Waals surface area contributed by atoms with Gasteiger partial charge in [-0.1, -0.05) is 6.92 Å². The van der Waals surface area contributed by atoms with Gasteiger partial charge in [-0.15, -0.1) is 0 Å². The molecule has 0 fully saturated rings. The molecule has 1 aromatic rings. The third kappa shape index (κ3) is 2.31. The largest absolute Gasteiger partial charge is 0.330 e. The first-order valence-electron chi connectivity index (χ1n) is 4.45. The summed E-state index contributed by atoms with van der Waals surface area (Å²) in [6.07, 6.45) is 0. The summed E-state index contributed by atoms with van der Waals surface area (Å²) < 4.78 is 3.12.